The van der Waals surface area contributed by atoms with Gasteiger partial charge in [0.15, 0.2) is 0 Å². The second-order valence-electron chi connectivity index (χ2n) is 6.39. The zero-order valence-electron chi connectivity index (χ0n) is 11.8. The van der Waals surface area contributed by atoms with Gasteiger partial charge in [-0.25, -0.2) is 0 Å². The lowest BCUT2D eigenvalue weighted by Gasteiger charge is -2.36. The van der Waals surface area contributed by atoms with Gasteiger partial charge < -0.3 is 14.3 Å². The minimum atomic E-state index is -1.82. The van der Waals surface area contributed by atoms with Crippen LogP contribution >= 0.6 is 0 Å². The lowest BCUT2D eigenvalue weighted by molar-refractivity contribution is 0.140. The van der Waals surface area contributed by atoms with Gasteiger partial charge in [0, 0.05) is 5.56 Å². The van der Waals surface area contributed by atoms with Crippen molar-refractivity contribution in [1.29, 1.82) is 0 Å². The average molecular weight is 266 g/mol. The maximum atomic E-state index is 9.79. The first-order chi connectivity index (χ1) is 8.21. The molecule has 1 aliphatic rings. The zero-order chi connectivity index (χ0) is 13.6. The molecule has 100 valence electrons. The first-order valence-corrected chi connectivity index (χ1v) is 9.25. The fourth-order valence-electron chi connectivity index (χ4n) is 1.69. The number of benzene rings is 1. The van der Waals surface area contributed by atoms with E-state index in [0.717, 1.165) is 17.1 Å². The van der Waals surface area contributed by atoms with Gasteiger partial charge in [0.25, 0.3) is 0 Å². The fourth-order valence-corrected chi connectivity index (χ4v) is 2.71. The highest BCUT2D eigenvalue weighted by atomic mass is 28.4. The summed E-state index contributed by atoms with van der Waals surface area (Å²) in [5.74, 6) is 1.61. The molecule has 4 heteroatoms. The largest absolute Gasteiger partial charge is 0.543 e. The Morgan fingerprint density at radius 1 is 1.33 bits per heavy atom. The van der Waals surface area contributed by atoms with Crippen LogP contribution in [-0.2, 0) is 0 Å². The Labute approximate surface area is 110 Å². The van der Waals surface area contributed by atoms with Crippen molar-refractivity contribution in [3.8, 4) is 11.5 Å². The van der Waals surface area contributed by atoms with E-state index in [2.05, 4.69) is 33.9 Å². The molecule has 1 atom stereocenters. The smallest absolute Gasteiger partial charge is 0.250 e. The molecule has 0 bridgehead atoms. The summed E-state index contributed by atoms with van der Waals surface area (Å²) in [4.78, 5) is 0. The number of rotatable bonds is 2. The fraction of sp³-hybridized carbons (Fsp3) is 0.571. The van der Waals surface area contributed by atoms with Crippen molar-refractivity contribution in [2.75, 3.05) is 6.61 Å². The Morgan fingerprint density at radius 3 is 2.61 bits per heavy atom. The van der Waals surface area contributed by atoms with E-state index in [1.165, 1.54) is 0 Å². The topological polar surface area (TPSA) is 38.7 Å². The van der Waals surface area contributed by atoms with Gasteiger partial charge in [-0.05, 0) is 36.3 Å². The van der Waals surface area contributed by atoms with Crippen LogP contribution in [0.25, 0.3) is 0 Å². The Balaban J connectivity index is 2.24. The maximum Gasteiger partial charge on any atom is 0.250 e. The second-order valence-corrected chi connectivity index (χ2v) is 11.1. The van der Waals surface area contributed by atoms with E-state index in [1.54, 1.807) is 0 Å². The van der Waals surface area contributed by atoms with Crippen LogP contribution in [-0.4, -0.2) is 20.0 Å². The predicted octanol–water partition coefficient (Wildman–Crippen LogP) is 3.50. The Hall–Kier alpha value is -1.00. The molecule has 0 spiro atoms. The molecule has 0 fully saturated rings. The summed E-state index contributed by atoms with van der Waals surface area (Å²) in [7, 11) is -1.82. The molecule has 0 amide bonds. The minimum absolute atomic E-state index is 0.168. The van der Waals surface area contributed by atoms with Gasteiger partial charge in [-0.2, -0.15) is 0 Å². The van der Waals surface area contributed by atoms with Crippen LogP contribution in [0.3, 0.4) is 0 Å². The Kier molecular flexibility index (Phi) is 3.19. The summed E-state index contributed by atoms with van der Waals surface area (Å²) in [6, 6.07) is 5.72. The number of aliphatic hydroxyl groups is 1. The first-order valence-electron chi connectivity index (χ1n) is 6.34. The third-order valence-corrected chi connectivity index (χ3v) is 8.27. The molecule has 0 saturated carbocycles. The van der Waals surface area contributed by atoms with E-state index in [4.69, 9.17) is 9.16 Å². The van der Waals surface area contributed by atoms with Crippen molar-refractivity contribution in [3.63, 3.8) is 0 Å². The third-order valence-electron chi connectivity index (χ3n) is 3.92. The Morgan fingerprint density at radius 2 is 2.00 bits per heavy atom. The molecular formula is C14H22O3Si. The molecule has 1 N–H and O–H groups in total. The summed E-state index contributed by atoms with van der Waals surface area (Å²) in [5, 5.41) is 9.96. The van der Waals surface area contributed by atoms with E-state index in [0.29, 0.717) is 6.61 Å². The van der Waals surface area contributed by atoms with Gasteiger partial charge in [0.2, 0.25) is 8.32 Å². The Bertz CT molecular complexity index is 449. The molecule has 3 nitrogen and oxygen atoms in total. The van der Waals surface area contributed by atoms with Crippen LogP contribution in [0.1, 0.15) is 32.4 Å². The van der Waals surface area contributed by atoms with Gasteiger partial charge in [-0.15, -0.1) is 0 Å². The zero-order valence-corrected chi connectivity index (χ0v) is 12.8. The number of hydrogen-bond acceptors (Lipinski definition) is 3. The molecular weight excluding hydrogens is 244 g/mol. The van der Waals surface area contributed by atoms with Crippen LogP contribution < -0.4 is 9.16 Å². The summed E-state index contributed by atoms with van der Waals surface area (Å²) in [6.45, 7) is 11.4. The lowest BCUT2D eigenvalue weighted by Crippen LogP contribution is -2.43. The summed E-state index contributed by atoms with van der Waals surface area (Å²) >= 11 is 0. The molecule has 18 heavy (non-hydrogen) atoms. The van der Waals surface area contributed by atoms with Crippen molar-refractivity contribution in [1.82, 2.24) is 0 Å². The average Bonchev–Trinajstić information content (AvgIpc) is 2.58. The molecule has 0 radical (unpaired) electrons. The van der Waals surface area contributed by atoms with Crippen molar-refractivity contribution >= 4 is 8.32 Å². The van der Waals surface area contributed by atoms with E-state index in [1.807, 2.05) is 18.2 Å². The van der Waals surface area contributed by atoms with E-state index < -0.39 is 14.4 Å². The highest BCUT2D eigenvalue weighted by Crippen LogP contribution is 2.40. The second kappa shape index (κ2) is 4.28. The van der Waals surface area contributed by atoms with Gasteiger partial charge in [0.05, 0.1) is 0 Å². The van der Waals surface area contributed by atoms with E-state index >= 15 is 0 Å². The molecule has 0 aliphatic carbocycles. The van der Waals surface area contributed by atoms with E-state index in [-0.39, 0.29) is 5.04 Å². The van der Waals surface area contributed by atoms with Crippen molar-refractivity contribution < 1.29 is 14.3 Å². The predicted molar refractivity (Wildman–Crippen MR) is 74.7 cm³/mol. The van der Waals surface area contributed by atoms with Gasteiger partial charge in [0.1, 0.15) is 24.2 Å². The summed E-state index contributed by atoms with van der Waals surface area (Å²) < 4.78 is 11.6. The molecule has 1 aliphatic heterocycles. The normalized spacial score (nSPS) is 19.3. The SMILES string of the molecule is CC(C)(C)[Si](C)(C)Oc1ccc2c(c1)[C@@H](O)CO2. The van der Waals surface area contributed by atoms with Crippen LogP contribution in [0.2, 0.25) is 18.1 Å². The van der Waals surface area contributed by atoms with Gasteiger partial charge in [-0.1, -0.05) is 20.8 Å². The molecule has 1 aromatic carbocycles. The molecule has 1 aromatic rings. The number of hydrogen-bond donors (Lipinski definition) is 1. The summed E-state index contributed by atoms with van der Waals surface area (Å²) in [6.07, 6.45) is -0.525. The monoisotopic (exact) mass is 266 g/mol. The summed E-state index contributed by atoms with van der Waals surface area (Å²) in [5.41, 5.74) is 0.839. The third kappa shape index (κ3) is 2.40. The number of aliphatic hydroxyl groups excluding tert-OH is 1. The highest BCUT2D eigenvalue weighted by molar-refractivity contribution is 6.74. The highest BCUT2D eigenvalue weighted by Gasteiger charge is 2.39. The van der Waals surface area contributed by atoms with Gasteiger partial charge in [-0.3, -0.25) is 0 Å². The van der Waals surface area contributed by atoms with E-state index in [9.17, 15) is 5.11 Å². The van der Waals surface area contributed by atoms with Crippen LogP contribution in [0.4, 0.5) is 0 Å². The van der Waals surface area contributed by atoms with Crippen LogP contribution in [0, 0.1) is 0 Å². The minimum Gasteiger partial charge on any atom is -0.543 e. The first kappa shape index (κ1) is 13.4. The number of ether oxygens (including phenoxy) is 1. The number of fused-ring (bicyclic) bond motifs is 1. The molecule has 0 saturated heterocycles. The van der Waals surface area contributed by atoms with Crippen molar-refractivity contribution in [2.45, 2.75) is 45.0 Å². The molecule has 0 unspecified atom stereocenters. The van der Waals surface area contributed by atoms with Crippen LogP contribution in [0.15, 0.2) is 18.2 Å². The quantitative estimate of drug-likeness (QED) is 0.833. The van der Waals surface area contributed by atoms with Crippen LogP contribution in [0.5, 0.6) is 11.5 Å². The standard InChI is InChI=1S/C14H22O3Si/c1-14(2,3)18(4,5)17-10-6-7-13-11(8-10)12(15)9-16-13/h6-8,12,15H,9H2,1-5H3/t12-/m0/s1. The maximum absolute atomic E-state index is 9.79. The molecule has 0 aromatic heterocycles. The van der Waals surface area contributed by atoms with Crippen molar-refractivity contribution in [3.05, 3.63) is 23.8 Å². The van der Waals surface area contributed by atoms with Crippen molar-refractivity contribution in [2.24, 2.45) is 0 Å². The molecule has 2 rings (SSSR count). The van der Waals surface area contributed by atoms with Gasteiger partial charge >= 0.3 is 0 Å². The lowest BCUT2D eigenvalue weighted by atomic mass is 10.1. The molecule has 1 heterocycles.